The van der Waals surface area contributed by atoms with Crippen molar-refractivity contribution in [2.45, 2.75) is 52.0 Å². The van der Waals surface area contributed by atoms with Gasteiger partial charge in [0.25, 0.3) is 11.5 Å². The van der Waals surface area contributed by atoms with Crippen molar-refractivity contribution in [3.05, 3.63) is 45.6 Å². The Kier molecular flexibility index (Phi) is 6.38. The van der Waals surface area contributed by atoms with Gasteiger partial charge in [-0.25, -0.2) is 14.6 Å². The summed E-state index contributed by atoms with van der Waals surface area (Å²) >= 11 is 0. The van der Waals surface area contributed by atoms with Crippen LogP contribution in [0.15, 0.2) is 23.1 Å². The molecule has 1 atom stereocenters. The van der Waals surface area contributed by atoms with Crippen molar-refractivity contribution in [1.82, 2.24) is 25.1 Å². The van der Waals surface area contributed by atoms with E-state index in [-0.39, 0.29) is 23.2 Å². The third kappa shape index (κ3) is 4.74. The molecule has 0 aliphatic carbocycles. The largest absolute Gasteiger partial charge is 0.344 e. The minimum atomic E-state index is -0.338. The standard InChI is InChI=1S/C20H28N6O2/c1-14(22-19(28)17-9-10-18(27)25(3)24-17)16-13-21-20(23-15(16)2)26-11-7-5-4-6-8-12-26/h9-10,13-14H,4-8,11-12H2,1-3H3,(H,22,28)/t14-/m1/s1. The second kappa shape index (κ2) is 8.95. The molecule has 1 aliphatic heterocycles. The van der Waals surface area contributed by atoms with Gasteiger partial charge in [0.05, 0.1) is 6.04 Å². The average molecular weight is 384 g/mol. The normalized spacial score (nSPS) is 16.2. The average Bonchev–Trinajstić information content (AvgIpc) is 2.63. The molecule has 1 fully saturated rings. The number of hydrogen-bond acceptors (Lipinski definition) is 6. The molecular formula is C20H28N6O2. The van der Waals surface area contributed by atoms with Crippen molar-refractivity contribution in [2.75, 3.05) is 18.0 Å². The molecule has 8 nitrogen and oxygen atoms in total. The van der Waals surface area contributed by atoms with Crippen molar-refractivity contribution in [2.24, 2.45) is 7.05 Å². The molecule has 0 unspecified atom stereocenters. The summed E-state index contributed by atoms with van der Waals surface area (Å²) in [5.74, 6) is 0.428. The Morgan fingerprint density at radius 3 is 2.46 bits per heavy atom. The first-order valence-corrected chi connectivity index (χ1v) is 9.89. The molecule has 1 aliphatic rings. The van der Waals surface area contributed by atoms with Gasteiger partial charge in [-0.15, -0.1) is 0 Å². The van der Waals surface area contributed by atoms with Crippen molar-refractivity contribution in [3.8, 4) is 0 Å². The molecule has 0 saturated carbocycles. The quantitative estimate of drug-likeness (QED) is 0.868. The number of hydrogen-bond donors (Lipinski definition) is 1. The van der Waals surface area contributed by atoms with Crippen molar-refractivity contribution in [1.29, 1.82) is 0 Å². The van der Waals surface area contributed by atoms with Crippen LogP contribution >= 0.6 is 0 Å². The van der Waals surface area contributed by atoms with Gasteiger partial charge in [0.1, 0.15) is 5.69 Å². The number of rotatable bonds is 4. The zero-order valence-electron chi connectivity index (χ0n) is 16.8. The van der Waals surface area contributed by atoms with Gasteiger partial charge in [-0.3, -0.25) is 9.59 Å². The van der Waals surface area contributed by atoms with Crippen LogP contribution in [0.5, 0.6) is 0 Å². The summed E-state index contributed by atoms with van der Waals surface area (Å²) < 4.78 is 1.15. The highest BCUT2D eigenvalue weighted by Gasteiger charge is 2.18. The zero-order chi connectivity index (χ0) is 20.1. The van der Waals surface area contributed by atoms with Gasteiger partial charge in [-0.2, -0.15) is 5.10 Å². The number of carbonyl (C=O) groups excluding carboxylic acids is 1. The lowest BCUT2D eigenvalue weighted by molar-refractivity contribution is 0.0932. The lowest BCUT2D eigenvalue weighted by atomic mass is 10.1. The van der Waals surface area contributed by atoms with Gasteiger partial charge >= 0.3 is 0 Å². The minimum absolute atomic E-state index is 0.199. The number of aromatic nitrogens is 4. The molecule has 150 valence electrons. The predicted octanol–water partition coefficient (Wildman–Crippen LogP) is 2.14. The third-order valence-electron chi connectivity index (χ3n) is 5.15. The van der Waals surface area contributed by atoms with E-state index in [2.05, 4.69) is 20.3 Å². The summed E-state index contributed by atoms with van der Waals surface area (Å²) in [6.45, 7) is 5.81. The fraction of sp³-hybridized carbons (Fsp3) is 0.550. The summed E-state index contributed by atoms with van der Waals surface area (Å²) in [6.07, 6.45) is 7.97. The lowest BCUT2D eigenvalue weighted by Crippen LogP contribution is -2.31. The molecule has 0 radical (unpaired) electrons. The van der Waals surface area contributed by atoms with Crippen LogP contribution in [-0.2, 0) is 7.05 Å². The Labute approximate surface area is 165 Å². The first-order valence-electron chi connectivity index (χ1n) is 9.89. The Hall–Kier alpha value is -2.77. The van der Waals surface area contributed by atoms with Crippen LogP contribution in [0, 0.1) is 6.92 Å². The van der Waals surface area contributed by atoms with Crippen LogP contribution in [0.1, 0.15) is 66.8 Å². The molecular weight excluding hydrogens is 356 g/mol. The van der Waals surface area contributed by atoms with E-state index in [1.165, 1.54) is 51.3 Å². The van der Waals surface area contributed by atoms with Gasteiger partial charge in [0, 0.05) is 43.7 Å². The summed E-state index contributed by atoms with van der Waals surface area (Å²) in [4.78, 5) is 35.4. The highest BCUT2D eigenvalue weighted by atomic mass is 16.2. The first-order chi connectivity index (χ1) is 13.5. The maximum absolute atomic E-state index is 12.5. The Morgan fingerprint density at radius 1 is 1.14 bits per heavy atom. The van der Waals surface area contributed by atoms with Crippen molar-refractivity contribution < 1.29 is 4.79 Å². The third-order valence-corrected chi connectivity index (χ3v) is 5.15. The Bertz CT molecular complexity index is 887. The highest BCUT2D eigenvalue weighted by molar-refractivity contribution is 5.92. The molecule has 0 aromatic carbocycles. The number of nitrogens with zero attached hydrogens (tertiary/aromatic N) is 5. The minimum Gasteiger partial charge on any atom is -0.344 e. The molecule has 8 heteroatoms. The molecule has 0 spiro atoms. The second-order valence-electron chi connectivity index (χ2n) is 7.34. The van der Waals surface area contributed by atoms with Crippen LogP contribution in [-0.4, -0.2) is 38.7 Å². The fourth-order valence-corrected chi connectivity index (χ4v) is 3.46. The van der Waals surface area contributed by atoms with Crippen LogP contribution in [0.25, 0.3) is 0 Å². The summed E-state index contributed by atoms with van der Waals surface area (Å²) in [7, 11) is 1.52. The van der Waals surface area contributed by atoms with E-state index in [0.29, 0.717) is 0 Å². The van der Waals surface area contributed by atoms with E-state index in [9.17, 15) is 9.59 Å². The topological polar surface area (TPSA) is 93.0 Å². The molecule has 1 saturated heterocycles. The summed E-state index contributed by atoms with van der Waals surface area (Å²) in [6, 6.07) is 2.49. The summed E-state index contributed by atoms with van der Waals surface area (Å²) in [5, 5.41) is 6.89. The van der Waals surface area contributed by atoms with Crippen molar-refractivity contribution >= 4 is 11.9 Å². The Morgan fingerprint density at radius 2 is 1.82 bits per heavy atom. The van der Waals surface area contributed by atoms with E-state index >= 15 is 0 Å². The van der Waals surface area contributed by atoms with E-state index in [1.807, 2.05) is 13.8 Å². The van der Waals surface area contributed by atoms with E-state index in [1.54, 1.807) is 6.20 Å². The maximum Gasteiger partial charge on any atom is 0.272 e. The zero-order valence-corrected chi connectivity index (χ0v) is 16.8. The number of aryl methyl sites for hydroxylation is 2. The van der Waals surface area contributed by atoms with Crippen LogP contribution in [0.4, 0.5) is 5.95 Å². The second-order valence-corrected chi connectivity index (χ2v) is 7.34. The molecule has 28 heavy (non-hydrogen) atoms. The smallest absolute Gasteiger partial charge is 0.272 e. The number of carbonyl (C=O) groups is 1. The fourth-order valence-electron chi connectivity index (χ4n) is 3.46. The summed E-state index contributed by atoms with van der Waals surface area (Å²) in [5.41, 5.74) is 1.67. The molecule has 3 rings (SSSR count). The van der Waals surface area contributed by atoms with Gasteiger partial charge in [-0.1, -0.05) is 19.3 Å². The number of nitrogens with one attached hydrogen (secondary N) is 1. The maximum atomic E-state index is 12.5. The molecule has 1 N–H and O–H groups in total. The lowest BCUT2D eigenvalue weighted by Gasteiger charge is -2.25. The molecule has 2 aromatic heterocycles. The predicted molar refractivity (Wildman–Crippen MR) is 107 cm³/mol. The monoisotopic (exact) mass is 384 g/mol. The van der Waals surface area contributed by atoms with Crippen molar-refractivity contribution in [3.63, 3.8) is 0 Å². The van der Waals surface area contributed by atoms with E-state index < -0.39 is 0 Å². The van der Waals surface area contributed by atoms with Gasteiger partial charge in [-0.05, 0) is 32.8 Å². The molecule has 3 heterocycles. The molecule has 0 bridgehead atoms. The van der Waals surface area contributed by atoms with E-state index in [4.69, 9.17) is 4.98 Å². The highest BCUT2D eigenvalue weighted by Crippen LogP contribution is 2.20. The molecule has 2 aromatic rings. The molecule has 1 amide bonds. The first kappa shape index (κ1) is 20.0. The van der Waals surface area contributed by atoms with Crippen LogP contribution < -0.4 is 15.8 Å². The number of amides is 1. The van der Waals surface area contributed by atoms with E-state index in [0.717, 1.165) is 35.0 Å². The van der Waals surface area contributed by atoms with Gasteiger partial charge in [0.15, 0.2) is 0 Å². The SMILES string of the molecule is Cc1nc(N2CCCCCCC2)ncc1[C@@H](C)NC(=O)c1ccc(=O)n(C)n1. The Balaban J connectivity index is 1.71. The van der Waals surface area contributed by atoms with Gasteiger partial charge in [0.2, 0.25) is 5.95 Å². The van der Waals surface area contributed by atoms with Gasteiger partial charge < -0.3 is 10.2 Å². The number of anilines is 1. The van der Waals surface area contributed by atoms with Crippen LogP contribution in [0.2, 0.25) is 0 Å². The van der Waals surface area contributed by atoms with Crippen LogP contribution in [0.3, 0.4) is 0 Å².